The molecule has 3 heterocycles. The highest BCUT2D eigenvalue weighted by Crippen LogP contribution is 2.27. The van der Waals surface area contributed by atoms with Gasteiger partial charge in [-0.2, -0.15) is 9.78 Å². The molecular weight excluding hydrogens is 316 g/mol. The topological polar surface area (TPSA) is 82.1 Å². The Morgan fingerprint density at radius 2 is 1.92 bits per heavy atom. The third-order valence-corrected chi connectivity index (χ3v) is 4.46. The van der Waals surface area contributed by atoms with Gasteiger partial charge < -0.3 is 15.4 Å². The minimum absolute atomic E-state index is 0.566. The Labute approximate surface area is 146 Å². The fourth-order valence-corrected chi connectivity index (χ4v) is 3.18. The molecule has 0 radical (unpaired) electrons. The van der Waals surface area contributed by atoms with Crippen molar-refractivity contribution in [2.45, 2.75) is 19.9 Å². The number of anilines is 2. The van der Waals surface area contributed by atoms with Gasteiger partial charge in [0.25, 0.3) is 0 Å². The molecule has 7 nitrogen and oxygen atoms in total. The van der Waals surface area contributed by atoms with Gasteiger partial charge in [-0.25, -0.2) is 9.97 Å². The normalized spacial score (nSPS) is 13.6. The Balaban J connectivity index is 1.64. The molecule has 1 aliphatic rings. The second-order valence-electron chi connectivity index (χ2n) is 6.16. The van der Waals surface area contributed by atoms with Crippen molar-refractivity contribution in [3.63, 3.8) is 0 Å². The molecule has 0 atom stereocenters. The van der Waals surface area contributed by atoms with Crippen molar-refractivity contribution in [3.8, 4) is 11.6 Å². The van der Waals surface area contributed by atoms with Crippen LogP contribution in [0.5, 0.6) is 5.75 Å². The van der Waals surface area contributed by atoms with Gasteiger partial charge in [-0.15, -0.1) is 0 Å². The summed E-state index contributed by atoms with van der Waals surface area (Å²) in [6.45, 7) is 3.60. The van der Waals surface area contributed by atoms with Gasteiger partial charge in [0.1, 0.15) is 23.7 Å². The van der Waals surface area contributed by atoms with Gasteiger partial charge in [0.05, 0.1) is 12.8 Å². The molecule has 25 heavy (non-hydrogen) atoms. The SMILES string of the molecule is COc1ccc2c(c1)CN(c1cc(-n3nc(C)cc3N)ncn1)CC2. The maximum atomic E-state index is 6.01. The predicted octanol–water partition coefficient (Wildman–Crippen LogP) is 2.12. The summed E-state index contributed by atoms with van der Waals surface area (Å²) in [6, 6.07) is 10.0. The lowest BCUT2D eigenvalue weighted by atomic mass is 9.99. The number of rotatable bonds is 3. The molecular formula is C18H20N6O. The Kier molecular flexibility index (Phi) is 3.76. The Bertz CT molecular complexity index is 920. The fourth-order valence-electron chi connectivity index (χ4n) is 3.18. The van der Waals surface area contributed by atoms with E-state index in [4.69, 9.17) is 10.5 Å². The van der Waals surface area contributed by atoms with Crippen LogP contribution in [0.25, 0.3) is 5.82 Å². The smallest absolute Gasteiger partial charge is 0.161 e. The molecule has 0 bridgehead atoms. The van der Waals surface area contributed by atoms with Crippen molar-refractivity contribution in [2.24, 2.45) is 0 Å². The third kappa shape index (κ3) is 2.88. The van der Waals surface area contributed by atoms with Gasteiger partial charge in [-0.1, -0.05) is 6.07 Å². The van der Waals surface area contributed by atoms with Crippen LogP contribution in [0.2, 0.25) is 0 Å². The minimum Gasteiger partial charge on any atom is -0.497 e. The average Bonchev–Trinajstić information content (AvgIpc) is 2.99. The Hall–Kier alpha value is -3.09. The van der Waals surface area contributed by atoms with Gasteiger partial charge >= 0.3 is 0 Å². The van der Waals surface area contributed by atoms with Gasteiger partial charge in [0.15, 0.2) is 5.82 Å². The number of nitrogen functional groups attached to an aromatic ring is 1. The second-order valence-corrected chi connectivity index (χ2v) is 6.16. The van der Waals surface area contributed by atoms with Crippen LogP contribution in [-0.2, 0) is 13.0 Å². The zero-order valence-corrected chi connectivity index (χ0v) is 14.3. The molecule has 0 saturated heterocycles. The maximum absolute atomic E-state index is 6.01. The van der Waals surface area contributed by atoms with Crippen LogP contribution in [0.3, 0.4) is 0 Å². The number of nitrogens with two attached hydrogens (primary N) is 1. The van der Waals surface area contributed by atoms with E-state index in [1.165, 1.54) is 11.1 Å². The summed E-state index contributed by atoms with van der Waals surface area (Å²) in [5.41, 5.74) is 9.49. The van der Waals surface area contributed by atoms with Crippen LogP contribution >= 0.6 is 0 Å². The molecule has 4 rings (SSSR count). The van der Waals surface area contributed by atoms with Crippen molar-refractivity contribution < 1.29 is 4.74 Å². The zero-order valence-electron chi connectivity index (χ0n) is 14.3. The summed E-state index contributed by atoms with van der Waals surface area (Å²) in [4.78, 5) is 11.0. The molecule has 1 aromatic carbocycles. The maximum Gasteiger partial charge on any atom is 0.161 e. The highest BCUT2D eigenvalue weighted by molar-refractivity contribution is 5.50. The standard InChI is InChI=1S/C18H20N6O/c1-12-7-16(19)24(22-12)18-9-17(20-11-21-18)23-6-5-13-3-4-15(25-2)8-14(13)10-23/h3-4,7-9,11H,5-6,10,19H2,1-2H3. The van der Waals surface area contributed by atoms with Crippen LogP contribution in [0.1, 0.15) is 16.8 Å². The molecule has 7 heteroatoms. The summed E-state index contributed by atoms with van der Waals surface area (Å²) in [6.07, 6.45) is 2.53. The van der Waals surface area contributed by atoms with Crippen molar-refractivity contribution >= 4 is 11.6 Å². The van der Waals surface area contributed by atoms with E-state index in [0.29, 0.717) is 11.6 Å². The van der Waals surface area contributed by atoms with Crippen molar-refractivity contribution in [1.29, 1.82) is 0 Å². The van der Waals surface area contributed by atoms with E-state index in [0.717, 1.165) is 36.8 Å². The molecule has 0 amide bonds. The van der Waals surface area contributed by atoms with Crippen LogP contribution in [0, 0.1) is 6.92 Å². The van der Waals surface area contributed by atoms with E-state index >= 15 is 0 Å². The van der Waals surface area contributed by atoms with Crippen molar-refractivity contribution in [2.75, 3.05) is 24.3 Å². The first-order valence-electron chi connectivity index (χ1n) is 8.19. The average molecular weight is 336 g/mol. The summed E-state index contributed by atoms with van der Waals surface area (Å²) in [5, 5.41) is 4.39. The van der Waals surface area contributed by atoms with Gasteiger partial charge in [-0.3, -0.25) is 0 Å². The fraction of sp³-hybridized carbons (Fsp3) is 0.278. The lowest BCUT2D eigenvalue weighted by Gasteiger charge is -2.30. The number of methoxy groups -OCH3 is 1. The van der Waals surface area contributed by atoms with Gasteiger partial charge in [0.2, 0.25) is 0 Å². The highest BCUT2D eigenvalue weighted by Gasteiger charge is 2.19. The summed E-state index contributed by atoms with van der Waals surface area (Å²) < 4.78 is 6.98. The minimum atomic E-state index is 0.566. The summed E-state index contributed by atoms with van der Waals surface area (Å²) in [5.74, 6) is 2.98. The number of hydrogen-bond acceptors (Lipinski definition) is 6. The monoisotopic (exact) mass is 336 g/mol. The molecule has 2 N–H and O–H groups in total. The quantitative estimate of drug-likeness (QED) is 0.789. The number of benzene rings is 1. The van der Waals surface area contributed by atoms with Crippen LogP contribution in [-0.4, -0.2) is 33.4 Å². The van der Waals surface area contributed by atoms with Crippen LogP contribution < -0.4 is 15.4 Å². The van der Waals surface area contributed by atoms with Crippen LogP contribution in [0.15, 0.2) is 36.7 Å². The lowest BCUT2D eigenvalue weighted by Crippen LogP contribution is -2.31. The van der Waals surface area contributed by atoms with E-state index in [-0.39, 0.29) is 0 Å². The summed E-state index contributed by atoms with van der Waals surface area (Å²) >= 11 is 0. The van der Waals surface area contributed by atoms with E-state index in [2.05, 4.69) is 32.1 Å². The molecule has 1 aliphatic heterocycles. The first kappa shape index (κ1) is 15.4. The first-order chi connectivity index (χ1) is 12.1. The third-order valence-electron chi connectivity index (χ3n) is 4.46. The molecule has 0 spiro atoms. The summed E-state index contributed by atoms with van der Waals surface area (Å²) in [7, 11) is 1.69. The van der Waals surface area contributed by atoms with E-state index < -0.39 is 0 Å². The predicted molar refractivity (Wildman–Crippen MR) is 96.1 cm³/mol. The molecule has 0 saturated carbocycles. The van der Waals surface area contributed by atoms with Crippen molar-refractivity contribution in [3.05, 3.63) is 53.5 Å². The number of aromatic nitrogens is 4. The zero-order chi connectivity index (χ0) is 17.4. The number of fused-ring (bicyclic) bond motifs is 1. The number of nitrogens with zero attached hydrogens (tertiary/aromatic N) is 5. The second kappa shape index (κ2) is 6.08. The largest absolute Gasteiger partial charge is 0.497 e. The Morgan fingerprint density at radius 3 is 2.68 bits per heavy atom. The van der Waals surface area contributed by atoms with Gasteiger partial charge in [0, 0.05) is 25.2 Å². The first-order valence-corrected chi connectivity index (χ1v) is 8.19. The van der Waals surface area contributed by atoms with Crippen LogP contribution in [0.4, 0.5) is 11.6 Å². The number of ether oxygens (including phenoxy) is 1. The van der Waals surface area contributed by atoms with E-state index in [9.17, 15) is 0 Å². The molecule has 0 aliphatic carbocycles. The molecule has 2 aromatic heterocycles. The highest BCUT2D eigenvalue weighted by atomic mass is 16.5. The van der Waals surface area contributed by atoms with E-state index in [1.54, 1.807) is 18.1 Å². The van der Waals surface area contributed by atoms with E-state index in [1.807, 2.05) is 25.1 Å². The van der Waals surface area contributed by atoms with Gasteiger partial charge in [-0.05, 0) is 36.6 Å². The number of aryl methyl sites for hydroxylation is 1. The Morgan fingerprint density at radius 1 is 1.08 bits per heavy atom. The molecule has 3 aromatic rings. The molecule has 0 fully saturated rings. The van der Waals surface area contributed by atoms with Crippen molar-refractivity contribution in [1.82, 2.24) is 19.7 Å². The molecule has 0 unspecified atom stereocenters. The lowest BCUT2D eigenvalue weighted by molar-refractivity contribution is 0.413. The molecule has 128 valence electrons. The number of hydrogen-bond donors (Lipinski definition) is 1.